The Kier molecular flexibility index (Phi) is 6.81. The van der Waals surface area contributed by atoms with Crippen molar-refractivity contribution >= 4 is 29.7 Å². The maximum absolute atomic E-state index is 12.1. The number of hydrogen-bond acceptors (Lipinski definition) is 4. The van der Waals surface area contributed by atoms with E-state index in [1.54, 1.807) is 30.0 Å². The first-order chi connectivity index (χ1) is 9.97. The van der Waals surface area contributed by atoms with Crippen molar-refractivity contribution in [1.29, 1.82) is 0 Å². The molecular weight excluding hydrogens is 290 g/mol. The van der Waals surface area contributed by atoms with E-state index in [1.165, 1.54) is 13.2 Å². The number of rotatable bonds is 7. The number of ether oxygens (including phenoxy) is 1. The molecule has 0 radical (unpaired) electrons. The van der Waals surface area contributed by atoms with Gasteiger partial charge in [0.2, 0.25) is 0 Å². The summed E-state index contributed by atoms with van der Waals surface area (Å²) < 4.78 is 5.15. The Balaban J connectivity index is 2.91. The van der Waals surface area contributed by atoms with E-state index in [4.69, 9.17) is 9.84 Å². The van der Waals surface area contributed by atoms with Crippen LogP contribution in [0.5, 0.6) is 5.75 Å². The molecule has 6 heteroatoms. The van der Waals surface area contributed by atoms with E-state index < -0.39 is 5.97 Å². The Hall–Kier alpha value is -1.95. The molecule has 0 saturated heterocycles. The van der Waals surface area contributed by atoms with Crippen molar-refractivity contribution in [2.75, 3.05) is 19.9 Å². The fraction of sp³-hybridized carbons (Fsp3) is 0.333. The zero-order valence-corrected chi connectivity index (χ0v) is 13.1. The summed E-state index contributed by atoms with van der Waals surface area (Å²) >= 11 is 1.67. The van der Waals surface area contributed by atoms with Crippen LogP contribution in [0.3, 0.4) is 0 Å². The molecule has 114 valence electrons. The van der Waals surface area contributed by atoms with Crippen LogP contribution < -0.4 is 10.1 Å². The minimum absolute atomic E-state index is 0.191. The van der Waals surface area contributed by atoms with E-state index in [0.717, 1.165) is 6.08 Å². The SMILES string of the molecule is COc1ccc(C(=O)NCC(C)SC)cc1/C=C/C(=O)O. The topological polar surface area (TPSA) is 75.6 Å². The molecule has 1 aromatic carbocycles. The second-order valence-electron chi connectivity index (χ2n) is 4.38. The molecule has 0 aliphatic carbocycles. The summed E-state index contributed by atoms with van der Waals surface area (Å²) in [6.45, 7) is 2.60. The molecule has 1 amide bonds. The number of hydrogen-bond donors (Lipinski definition) is 2. The number of amides is 1. The highest BCUT2D eigenvalue weighted by molar-refractivity contribution is 7.99. The van der Waals surface area contributed by atoms with Crippen LogP contribution in [0.1, 0.15) is 22.8 Å². The lowest BCUT2D eigenvalue weighted by atomic mass is 10.1. The number of carboxylic acids is 1. The zero-order valence-electron chi connectivity index (χ0n) is 12.3. The van der Waals surface area contributed by atoms with Crippen molar-refractivity contribution in [3.63, 3.8) is 0 Å². The van der Waals surface area contributed by atoms with Crippen LogP contribution in [-0.4, -0.2) is 42.1 Å². The largest absolute Gasteiger partial charge is 0.496 e. The monoisotopic (exact) mass is 309 g/mol. The number of carbonyl (C=O) groups is 2. The second kappa shape index (κ2) is 8.36. The van der Waals surface area contributed by atoms with Crippen molar-refractivity contribution in [3.05, 3.63) is 35.4 Å². The third-order valence-corrected chi connectivity index (χ3v) is 3.82. The lowest BCUT2D eigenvalue weighted by Gasteiger charge is -2.11. The van der Waals surface area contributed by atoms with Crippen LogP contribution in [0.2, 0.25) is 0 Å². The molecular formula is C15H19NO4S. The van der Waals surface area contributed by atoms with Crippen molar-refractivity contribution in [2.45, 2.75) is 12.2 Å². The molecule has 1 rings (SSSR count). The van der Waals surface area contributed by atoms with Gasteiger partial charge in [-0.1, -0.05) is 6.92 Å². The Labute approximate surface area is 128 Å². The van der Waals surface area contributed by atoms with Crippen LogP contribution in [0.4, 0.5) is 0 Å². The lowest BCUT2D eigenvalue weighted by Crippen LogP contribution is -2.29. The van der Waals surface area contributed by atoms with E-state index in [1.807, 2.05) is 13.2 Å². The van der Waals surface area contributed by atoms with Crippen molar-refractivity contribution in [3.8, 4) is 5.75 Å². The van der Waals surface area contributed by atoms with Gasteiger partial charge in [-0.05, 0) is 30.5 Å². The van der Waals surface area contributed by atoms with Crippen molar-refractivity contribution < 1.29 is 19.4 Å². The summed E-state index contributed by atoms with van der Waals surface area (Å²) in [4.78, 5) is 22.6. The zero-order chi connectivity index (χ0) is 15.8. The molecule has 1 aromatic rings. The van der Waals surface area contributed by atoms with Crippen LogP contribution in [0.15, 0.2) is 24.3 Å². The molecule has 0 spiro atoms. The highest BCUT2D eigenvalue weighted by atomic mass is 32.2. The first kappa shape index (κ1) is 17.1. The minimum atomic E-state index is -1.05. The van der Waals surface area contributed by atoms with E-state index in [0.29, 0.717) is 28.7 Å². The summed E-state index contributed by atoms with van der Waals surface area (Å²) in [6.07, 6.45) is 4.40. The van der Waals surface area contributed by atoms with E-state index in [2.05, 4.69) is 5.32 Å². The Morgan fingerprint density at radius 1 is 1.48 bits per heavy atom. The molecule has 0 aliphatic rings. The number of carbonyl (C=O) groups excluding carboxylic acids is 1. The summed E-state index contributed by atoms with van der Waals surface area (Å²) in [6, 6.07) is 4.90. The third-order valence-electron chi connectivity index (χ3n) is 2.85. The number of aliphatic carboxylic acids is 1. The predicted octanol–water partition coefficient (Wildman–Crippen LogP) is 2.27. The molecule has 1 atom stereocenters. The van der Waals surface area contributed by atoms with Crippen LogP contribution in [0.25, 0.3) is 6.08 Å². The third kappa shape index (κ3) is 5.51. The second-order valence-corrected chi connectivity index (χ2v) is 5.66. The quantitative estimate of drug-likeness (QED) is 0.756. The van der Waals surface area contributed by atoms with E-state index in [9.17, 15) is 9.59 Å². The molecule has 0 heterocycles. The number of carboxylic acid groups (broad SMARTS) is 1. The number of thioether (sulfide) groups is 1. The molecule has 0 bridgehead atoms. The first-order valence-corrected chi connectivity index (χ1v) is 7.66. The lowest BCUT2D eigenvalue weighted by molar-refractivity contribution is -0.131. The highest BCUT2D eigenvalue weighted by Crippen LogP contribution is 2.21. The average Bonchev–Trinajstić information content (AvgIpc) is 2.49. The molecule has 1 unspecified atom stereocenters. The average molecular weight is 309 g/mol. The summed E-state index contributed by atoms with van der Waals surface area (Å²) in [5.41, 5.74) is 1.01. The molecule has 21 heavy (non-hydrogen) atoms. The van der Waals surface area contributed by atoms with Gasteiger partial charge in [-0.2, -0.15) is 11.8 Å². The van der Waals surface area contributed by atoms with Gasteiger partial charge in [-0.3, -0.25) is 4.79 Å². The van der Waals surface area contributed by atoms with E-state index >= 15 is 0 Å². The Morgan fingerprint density at radius 2 is 2.19 bits per heavy atom. The smallest absolute Gasteiger partial charge is 0.328 e. The van der Waals surface area contributed by atoms with Crippen molar-refractivity contribution in [1.82, 2.24) is 5.32 Å². The van der Waals surface area contributed by atoms with Crippen LogP contribution in [0, 0.1) is 0 Å². The van der Waals surface area contributed by atoms with Crippen LogP contribution >= 0.6 is 11.8 Å². The highest BCUT2D eigenvalue weighted by Gasteiger charge is 2.10. The summed E-state index contributed by atoms with van der Waals surface area (Å²) in [5.74, 6) is -0.731. The maximum Gasteiger partial charge on any atom is 0.328 e. The van der Waals surface area contributed by atoms with Gasteiger partial charge in [0.1, 0.15) is 5.75 Å². The predicted molar refractivity (Wildman–Crippen MR) is 85.0 cm³/mol. The van der Waals surface area contributed by atoms with Crippen molar-refractivity contribution in [2.24, 2.45) is 0 Å². The first-order valence-electron chi connectivity index (χ1n) is 6.38. The van der Waals surface area contributed by atoms with Gasteiger partial charge in [-0.15, -0.1) is 0 Å². The van der Waals surface area contributed by atoms with Gasteiger partial charge >= 0.3 is 5.97 Å². The van der Waals surface area contributed by atoms with Gasteiger partial charge in [0.05, 0.1) is 7.11 Å². The minimum Gasteiger partial charge on any atom is -0.496 e. The summed E-state index contributed by atoms with van der Waals surface area (Å²) in [7, 11) is 1.49. The Bertz CT molecular complexity index is 542. The summed E-state index contributed by atoms with van der Waals surface area (Å²) in [5, 5.41) is 11.9. The fourth-order valence-electron chi connectivity index (χ4n) is 1.59. The molecule has 5 nitrogen and oxygen atoms in total. The number of methoxy groups -OCH3 is 1. The molecule has 0 saturated carbocycles. The van der Waals surface area contributed by atoms with E-state index in [-0.39, 0.29) is 5.91 Å². The van der Waals surface area contributed by atoms with Gasteiger partial charge in [0.25, 0.3) is 5.91 Å². The van der Waals surface area contributed by atoms with Gasteiger partial charge in [0.15, 0.2) is 0 Å². The van der Waals surface area contributed by atoms with Crippen LogP contribution in [-0.2, 0) is 4.79 Å². The van der Waals surface area contributed by atoms with Gasteiger partial charge in [-0.25, -0.2) is 4.79 Å². The number of benzene rings is 1. The van der Waals surface area contributed by atoms with Gasteiger partial charge in [0, 0.05) is 29.0 Å². The normalized spacial score (nSPS) is 12.1. The molecule has 0 fully saturated rings. The van der Waals surface area contributed by atoms with Gasteiger partial charge < -0.3 is 15.2 Å². The standard InChI is InChI=1S/C15H19NO4S/c1-10(21-3)9-16-15(19)12-4-6-13(20-2)11(8-12)5-7-14(17)18/h4-8,10H,9H2,1-3H3,(H,16,19)(H,17,18)/b7-5+. The molecule has 0 aromatic heterocycles. The maximum atomic E-state index is 12.1. The fourth-order valence-corrected chi connectivity index (χ4v) is 1.84. The number of nitrogens with one attached hydrogen (secondary N) is 1. The molecule has 2 N–H and O–H groups in total. The molecule has 0 aliphatic heterocycles. The Morgan fingerprint density at radius 3 is 2.76 bits per heavy atom.